The molecule has 2 N–H and O–H groups in total. The second kappa shape index (κ2) is 7.42. The van der Waals surface area contributed by atoms with Crippen molar-refractivity contribution < 1.29 is 4.43 Å². The second-order valence-electron chi connectivity index (χ2n) is 5.01. The van der Waals surface area contributed by atoms with Gasteiger partial charge >= 0.3 is 0 Å². The average molecular weight is 231 g/mol. The predicted octanol–water partition coefficient (Wildman–Crippen LogP) is 3.53. The summed E-state index contributed by atoms with van der Waals surface area (Å²) in [7, 11) is -1.57. The molecule has 3 heteroatoms. The summed E-state index contributed by atoms with van der Waals surface area (Å²) in [6.45, 7) is 13.2. The molecular formula is C12H29NOSi. The molecule has 0 spiro atoms. The Labute approximate surface area is 96.7 Å². The molecule has 0 amide bonds. The molecule has 0 rings (SSSR count). The van der Waals surface area contributed by atoms with Gasteiger partial charge in [-0.2, -0.15) is 0 Å². The zero-order chi connectivity index (χ0) is 11.9. The largest absolute Gasteiger partial charge is 0.416 e. The van der Waals surface area contributed by atoms with Crippen LogP contribution < -0.4 is 5.73 Å². The van der Waals surface area contributed by atoms with Gasteiger partial charge in [-0.15, -0.1) is 0 Å². The summed E-state index contributed by atoms with van der Waals surface area (Å²) in [4.78, 5) is 0. The van der Waals surface area contributed by atoms with Gasteiger partial charge in [0, 0.05) is 6.61 Å². The van der Waals surface area contributed by atoms with E-state index in [4.69, 9.17) is 10.2 Å². The Morgan fingerprint density at radius 2 is 1.67 bits per heavy atom. The summed E-state index contributed by atoms with van der Waals surface area (Å²) in [5.41, 5.74) is 7.01. The molecule has 92 valence electrons. The van der Waals surface area contributed by atoms with Crippen molar-refractivity contribution in [3.05, 3.63) is 0 Å². The van der Waals surface area contributed by atoms with E-state index in [-0.39, 0.29) is 0 Å². The van der Waals surface area contributed by atoms with E-state index in [2.05, 4.69) is 34.6 Å². The van der Waals surface area contributed by atoms with Gasteiger partial charge in [-0.05, 0) is 36.5 Å². The molecule has 2 nitrogen and oxygen atoms in total. The number of rotatable bonds is 8. The lowest BCUT2D eigenvalue weighted by Gasteiger charge is -2.38. The highest BCUT2D eigenvalue weighted by molar-refractivity contribution is 6.76. The highest BCUT2D eigenvalue weighted by atomic mass is 28.4. The first-order valence-electron chi connectivity index (χ1n) is 6.35. The molecule has 0 aromatic carbocycles. The predicted molar refractivity (Wildman–Crippen MR) is 70.7 cm³/mol. The quantitative estimate of drug-likeness (QED) is 0.649. The molecule has 0 radical (unpaired) electrons. The van der Waals surface area contributed by atoms with Crippen molar-refractivity contribution in [3.8, 4) is 0 Å². The van der Waals surface area contributed by atoms with Crippen molar-refractivity contribution >= 4 is 8.32 Å². The van der Waals surface area contributed by atoms with Crippen molar-refractivity contribution in [1.29, 1.82) is 0 Å². The average Bonchev–Trinajstić information content (AvgIpc) is 2.17. The minimum absolute atomic E-state index is 0.690. The van der Waals surface area contributed by atoms with Gasteiger partial charge in [0.1, 0.15) is 0 Å². The molecule has 0 aliphatic rings. The van der Waals surface area contributed by atoms with Crippen LogP contribution in [0.1, 0.15) is 47.5 Å². The molecular weight excluding hydrogens is 202 g/mol. The van der Waals surface area contributed by atoms with E-state index in [1.165, 1.54) is 6.04 Å². The Bertz CT molecular complexity index is 142. The van der Waals surface area contributed by atoms with Gasteiger partial charge < -0.3 is 10.2 Å². The molecule has 0 unspecified atom stereocenters. The smallest absolute Gasteiger partial charge is 0.197 e. The zero-order valence-corrected chi connectivity index (χ0v) is 12.2. The number of hydrogen-bond donors (Lipinski definition) is 1. The van der Waals surface area contributed by atoms with E-state index < -0.39 is 8.32 Å². The van der Waals surface area contributed by atoms with E-state index >= 15 is 0 Å². The van der Waals surface area contributed by atoms with Crippen molar-refractivity contribution in [2.75, 3.05) is 13.2 Å². The monoisotopic (exact) mass is 231 g/mol. The van der Waals surface area contributed by atoms with Gasteiger partial charge in [-0.3, -0.25) is 0 Å². The van der Waals surface area contributed by atoms with Crippen LogP contribution in [0.4, 0.5) is 0 Å². The normalized spacial score (nSPS) is 12.8. The first-order valence-corrected chi connectivity index (χ1v) is 8.62. The van der Waals surface area contributed by atoms with Gasteiger partial charge in [-0.25, -0.2) is 0 Å². The van der Waals surface area contributed by atoms with Crippen LogP contribution in [0.15, 0.2) is 0 Å². The first-order chi connectivity index (χ1) is 7.01. The van der Waals surface area contributed by atoms with Crippen LogP contribution in [-0.2, 0) is 4.43 Å². The van der Waals surface area contributed by atoms with E-state index in [9.17, 15) is 0 Å². The van der Waals surface area contributed by atoms with Gasteiger partial charge in [0.05, 0.1) is 0 Å². The maximum Gasteiger partial charge on any atom is 0.197 e. The van der Waals surface area contributed by atoms with E-state index in [1.807, 2.05) is 0 Å². The molecule has 0 aromatic heterocycles. The molecule has 0 aliphatic heterocycles. The number of nitrogens with two attached hydrogens (primary N) is 1. The van der Waals surface area contributed by atoms with Crippen LogP contribution in [0.3, 0.4) is 0 Å². The zero-order valence-electron chi connectivity index (χ0n) is 11.2. The third-order valence-corrected chi connectivity index (χ3v) is 9.09. The van der Waals surface area contributed by atoms with Crippen LogP contribution in [0.2, 0.25) is 17.1 Å². The SMILES string of the molecule is CCCO[Si](CCCN)(C(C)C)C(C)C. The molecule has 0 bridgehead atoms. The fraction of sp³-hybridized carbons (Fsp3) is 1.00. The lowest BCUT2D eigenvalue weighted by atomic mass is 10.5. The Morgan fingerprint density at radius 1 is 1.13 bits per heavy atom. The van der Waals surface area contributed by atoms with Crippen LogP contribution >= 0.6 is 0 Å². The van der Waals surface area contributed by atoms with E-state index in [0.717, 1.165) is 26.0 Å². The summed E-state index contributed by atoms with van der Waals surface area (Å²) in [6.07, 6.45) is 2.24. The van der Waals surface area contributed by atoms with Crippen molar-refractivity contribution in [1.82, 2.24) is 0 Å². The maximum atomic E-state index is 6.29. The van der Waals surface area contributed by atoms with E-state index in [0.29, 0.717) is 11.1 Å². The van der Waals surface area contributed by atoms with Crippen LogP contribution in [0, 0.1) is 0 Å². The van der Waals surface area contributed by atoms with Gasteiger partial charge in [0.25, 0.3) is 0 Å². The fourth-order valence-corrected chi connectivity index (χ4v) is 6.96. The molecule has 0 aliphatic carbocycles. The van der Waals surface area contributed by atoms with Gasteiger partial charge in [0.2, 0.25) is 0 Å². The molecule has 0 fully saturated rings. The van der Waals surface area contributed by atoms with Crippen molar-refractivity contribution in [2.45, 2.75) is 64.6 Å². The molecule has 0 saturated carbocycles. The second-order valence-corrected chi connectivity index (χ2v) is 10.0. The molecule has 15 heavy (non-hydrogen) atoms. The Balaban J connectivity index is 4.57. The summed E-state index contributed by atoms with van der Waals surface area (Å²) in [6, 6.07) is 1.22. The third-order valence-electron chi connectivity index (χ3n) is 3.30. The topological polar surface area (TPSA) is 35.2 Å². The maximum absolute atomic E-state index is 6.29. The van der Waals surface area contributed by atoms with Gasteiger partial charge in [-0.1, -0.05) is 34.6 Å². The molecule has 0 aromatic rings. The minimum atomic E-state index is -1.57. The van der Waals surface area contributed by atoms with E-state index in [1.54, 1.807) is 0 Å². The van der Waals surface area contributed by atoms with Crippen LogP contribution in [-0.4, -0.2) is 21.5 Å². The summed E-state index contributed by atoms with van der Waals surface area (Å²) < 4.78 is 6.29. The highest BCUT2D eigenvalue weighted by Gasteiger charge is 2.40. The highest BCUT2D eigenvalue weighted by Crippen LogP contribution is 2.37. The van der Waals surface area contributed by atoms with Gasteiger partial charge in [0.15, 0.2) is 8.32 Å². The first kappa shape index (κ1) is 15.1. The van der Waals surface area contributed by atoms with Crippen molar-refractivity contribution in [3.63, 3.8) is 0 Å². The van der Waals surface area contributed by atoms with Crippen LogP contribution in [0.25, 0.3) is 0 Å². The summed E-state index contributed by atoms with van der Waals surface area (Å²) in [5.74, 6) is 0. The standard InChI is InChI=1S/C12H29NOSi/c1-6-9-14-15(11(2)3,12(4)5)10-7-8-13/h11-12H,6-10,13H2,1-5H3. The molecule has 0 atom stereocenters. The minimum Gasteiger partial charge on any atom is -0.416 e. The molecule has 0 heterocycles. The Kier molecular flexibility index (Phi) is 7.48. The Morgan fingerprint density at radius 3 is 2.00 bits per heavy atom. The van der Waals surface area contributed by atoms with Crippen molar-refractivity contribution in [2.24, 2.45) is 5.73 Å². The third kappa shape index (κ3) is 4.25. The lowest BCUT2D eigenvalue weighted by Crippen LogP contribution is -2.45. The summed E-state index contributed by atoms with van der Waals surface area (Å²) in [5, 5.41) is 0. The fourth-order valence-electron chi connectivity index (χ4n) is 2.32. The summed E-state index contributed by atoms with van der Waals surface area (Å²) >= 11 is 0. The lowest BCUT2D eigenvalue weighted by molar-refractivity contribution is 0.283. The Hall–Kier alpha value is 0.137. The number of hydrogen-bond acceptors (Lipinski definition) is 2. The van der Waals surface area contributed by atoms with Crippen LogP contribution in [0.5, 0.6) is 0 Å². The molecule has 0 saturated heterocycles.